The molecule has 20 heavy (non-hydrogen) atoms. The molecule has 0 saturated heterocycles. The van der Waals surface area contributed by atoms with Gasteiger partial charge in [0.25, 0.3) is 0 Å². The Labute approximate surface area is 115 Å². The van der Waals surface area contributed by atoms with Gasteiger partial charge in [-0.05, 0) is 36.4 Å². The summed E-state index contributed by atoms with van der Waals surface area (Å²) < 4.78 is 5.59. The minimum atomic E-state index is -1.41. The fourth-order valence-electron chi connectivity index (χ4n) is 1.57. The van der Waals surface area contributed by atoms with Gasteiger partial charge >= 0.3 is 0 Å². The Morgan fingerprint density at radius 2 is 1.55 bits per heavy atom. The second-order valence-electron chi connectivity index (χ2n) is 4.04. The average molecular weight is 270 g/mol. The van der Waals surface area contributed by atoms with Crippen LogP contribution in [0.3, 0.4) is 0 Å². The first-order valence-electron chi connectivity index (χ1n) is 5.96. The number of carboxylic acids is 1. The van der Waals surface area contributed by atoms with Crippen LogP contribution in [-0.4, -0.2) is 11.9 Å². The molecule has 0 atom stereocenters. The van der Waals surface area contributed by atoms with Crippen LogP contribution in [-0.2, 0) is 9.59 Å². The summed E-state index contributed by atoms with van der Waals surface area (Å²) in [6.07, 6.45) is -0.664. The highest BCUT2D eigenvalue weighted by atomic mass is 16.5. The Morgan fingerprint density at radius 3 is 2.15 bits per heavy atom. The molecule has 0 radical (unpaired) electrons. The van der Waals surface area contributed by atoms with Gasteiger partial charge in [0, 0.05) is 5.69 Å². The molecule has 0 aliphatic carbocycles. The SMILES string of the molecule is O=C([O-])CC(=O)Nc1ccc(Oc2ccccc2)cc1. The number of benzene rings is 2. The van der Waals surface area contributed by atoms with E-state index in [4.69, 9.17) is 4.74 Å². The molecular weight excluding hydrogens is 258 g/mol. The van der Waals surface area contributed by atoms with Crippen molar-refractivity contribution in [2.75, 3.05) is 5.32 Å². The van der Waals surface area contributed by atoms with Crippen LogP contribution >= 0.6 is 0 Å². The lowest BCUT2D eigenvalue weighted by Crippen LogP contribution is -2.28. The summed E-state index contributed by atoms with van der Waals surface area (Å²) in [7, 11) is 0. The number of rotatable bonds is 5. The predicted octanol–water partition coefficient (Wildman–Crippen LogP) is 1.56. The minimum Gasteiger partial charge on any atom is -0.550 e. The molecule has 0 fully saturated rings. The molecule has 2 aromatic carbocycles. The van der Waals surface area contributed by atoms with E-state index in [1.165, 1.54) is 0 Å². The van der Waals surface area contributed by atoms with E-state index in [0.29, 0.717) is 17.2 Å². The van der Waals surface area contributed by atoms with Gasteiger partial charge in [0.1, 0.15) is 11.5 Å². The van der Waals surface area contributed by atoms with Crippen LogP contribution in [0.1, 0.15) is 6.42 Å². The van der Waals surface area contributed by atoms with Crippen LogP contribution in [0.5, 0.6) is 11.5 Å². The summed E-state index contributed by atoms with van der Waals surface area (Å²) in [4.78, 5) is 21.5. The highest BCUT2D eigenvalue weighted by Gasteiger charge is 2.03. The molecule has 1 N–H and O–H groups in total. The molecule has 2 aromatic rings. The van der Waals surface area contributed by atoms with E-state index in [1.54, 1.807) is 24.3 Å². The Bertz CT molecular complexity index is 593. The van der Waals surface area contributed by atoms with Crippen LogP contribution in [0.25, 0.3) is 0 Å². The van der Waals surface area contributed by atoms with Gasteiger partial charge in [0.15, 0.2) is 0 Å². The molecule has 0 unspecified atom stereocenters. The average Bonchev–Trinajstić information content (AvgIpc) is 2.41. The van der Waals surface area contributed by atoms with Gasteiger partial charge in [-0.15, -0.1) is 0 Å². The van der Waals surface area contributed by atoms with Crippen LogP contribution in [0, 0.1) is 0 Å². The molecule has 0 spiro atoms. The third kappa shape index (κ3) is 4.13. The lowest BCUT2D eigenvalue weighted by molar-refractivity contribution is -0.304. The van der Waals surface area contributed by atoms with Crippen molar-refractivity contribution in [1.82, 2.24) is 0 Å². The van der Waals surface area contributed by atoms with Gasteiger partial charge in [-0.2, -0.15) is 0 Å². The van der Waals surface area contributed by atoms with Crippen molar-refractivity contribution in [3.8, 4) is 11.5 Å². The summed E-state index contributed by atoms with van der Waals surface area (Å²) in [6.45, 7) is 0. The van der Waals surface area contributed by atoms with Crippen molar-refractivity contribution >= 4 is 17.6 Å². The van der Waals surface area contributed by atoms with Crippen LogP contribution in [0.15, 0.2) is 54.6 Å². The number of aliphatic carboxylic acids is 1. The Balaban J connectivity index is 1.96. The lowest BCUT2D eigenvalue weighted by Gasteiger charge is -2.08. The molecule has 2 rings (SSSR count). The molecule has 0 heterocycles. The number of hydrogen-bond acceptors (Lipinski definition) is 4. The highest BCUT2D eigenvalue weighted by Crippen LogP contribution is 2.22. The molecule has 102 valence electrons. The van der Waals surface area contributed by atoms with Gasteiger partial charge in [-0.25, -0.2) is 0 Å². The topological polar surface area (TPSA) is 78.5 Å². The zero-order valence-electron chi connectivity index (χ0n) is 10.5. The Hall–Kier alpha value is -2.82. The maximum absolute atomic E-state index is 11.2. The second kappa shape index (κ2) is 6.38. The normalized spacial score (nSPS) is 9.80. The number of para-hydroxylation sites is 1. The smallest absolute Gasteiger partial charge is 0.230 e. The standard InChI is InChI=1S/C15H13NO4/c17-14(10-15(18)19)16-11-6-8-13(9-7-11)20-12-4-2-1-3-5-12/h1-9H,10H2,(H,16,17)(H,18,19)/p-1. The maximum Gasteiger partial charge on any atom is 0.230 e. The fourth-order valence-corrected chi connectivity index (χ4v) is 1.57. The molecule has 0 aromatic heterocycles. The Morgan fingerprint density at radius 1 is 0.950 bits per heavy atom. The summed E-state index contributed by atoms with van der Waals surface area (Å²) >= 11 is 0. The first kappa shape index (κ1) is 13.6. The first-order chi connectivity index (χ1) is 9.63. The van der Waals surface area contributed by atoms with E-state index in [2.05, 4.69) is 5.32 Å². The summed E-state index contributed by atoms with van der Waals surface area (Å²) in [5.41, 5.74) is 0.497. The summed E-state index contributed by atoms with van der Waals surface area (Å²) in [5.74, 6) is -0.705. The quantitative estimate of drug-likeness (QED) is 0.836. The molecular formula is C15H12NO4-. The summed E-state index contributed by atoms with van der Waals surface area (Å²) in [5, 5.41) is 12.7. The molecule has 0 aliphatic rings. The zero-order chi connectivity index (χ0) is 14.4. The number of ether oxygens (including phenoxy) is 1. The number of nitrogens with one attached hydrogen (secondary N) is 1. The van der Waals surface area contributed by atoms with E-state index in [9.17, 15) is 14.7 Å². The third-order valence-corrected chi connectivity index (χ3v) is 2.42. The fraction of sp³-hybridized carbons (Fsp3) is 0.0667. The summed E-state index contributed by atoms with van der Waals surface area (Å²) in [6, 6.07) is 15.9. The van der Waals surface area contributed by atoms with Crippen molar-refractivity contribution in [3.63, 3.8) is 0 Å². The van der Waals surface area contributed by atoms with Gasteiger partial charge in [0.2, 0.25) is 5.91 Å². The van der Waals surface area contributed by atoms with Crippen molar-refractivity contribution in [2.45, 2.75) is 6.42 Å². The molecule has 5 nitrogen and oxygen atoms in total. The largest absolute Gasteiger partial charge is 0.550 e. The number of anilines is 1. The number of carboxylic acid groups (broad SMARTS) is 1. The molecule has 0 saturated carbocycles. The van der Waals surface area contributed by atoms with E-state index in [0.717, 1.165) is 0 Å². The van der Waals surface area contributed by atoms with Gasteiger partial charge in [0.05, 0.1) is 12.4 Å². The van der Waals surface area contributed by atoms with E-state index in [-0.39, 0.29) is 0 Å². The van der Waals surface area contributed by atoms with Crippen molar-refractivity contribution < 1.29 is 19.4 Å². The molecule has 1 amide bonds. The molecule has 0 bridgehead atoms. The minimum absolute atomic E-state index is 0.497. The third-order valence-electron chi connectivity index (χ3n) is 2.42. The number of amides is 1. The van der Waals surface area contributed by atoms with Crippen molar-refractivity contribution in [2.24, 2.45) is 0 Å². The maximum atomic E-state index is 11.2. The van der Waals surface area contributed by atoms with Gasteiger partial charge in [-0.1, -0.05) is 18.2 Å². The zero-order valence-corrected chi connectivity index (χ0v) is 10.5. The van der Waals surface area contributed by atoms with Crippen LogP contribution < -0.4 is 15.2 Å². The molecule has 0 aliphatic heterocycles. The van der Waals surface area contributed by atoms with Crippen molar-refractivity contribution in [1.29, 1.82) is 0 Å². The van der Waals surface area contributed by atoms with Crippen molar-refractivity contribution in [3.05, 3.63) is 54.6 Å². The predicted molar refractivity (Wildman–Crippen MR) is 71.2 cm³/mol. The monoisotopic (exact) mass is 270 g/mol. The molecule has 5 heteroatoms. The second-order valence-corrected chi connectivity index (χ2v) is 4.04. The first-order valence-corrected chi connectivity index (χ1v) is 5.96. The number of hydrogen-bond donors (Lipinski definition) is 1. The highest BCUT2D eigenvalue weighted by molar-refractivity contribution is 6.00. The van der Waals surface area contributed by atoms with E-state index >= 15 is 0 Å². The van der Waals surface area contributed by atoms with Crippen LogP contribution in [0.4, 0.5) is 5.69 Å². The number of carbonyl (C=O) groups is 2. The number of carbonyl (C=O) groups excluding carboxylic acids is 2. The van der Waals surface area contributed by atoms with Gasteiger partial charge < -0.3 is 20.0 Å². The van der Waals surface area contributed by atoms with Gasteiger partial charge in [-0.3, -0.25) is 4.79 Å². The Kier molecular flexibility index (Phi) is 4.34. The van der Waals surface area contributed by atoms with E-state index in [1.807, 2.05) is 30.3 Å². The van der Waals surface area contributed by atoms with E-state index < -0.39 is 18.3 Å². The lowest BCUT2D eigenvalue weighted by atomic mass is 10.3. The van der Waals surface area contributed by atoms with Crippen LogP contribution in [0.2, 0.25) is 0 Å².